The second-order valence-corrected chi connectivity index (χ2v) is 6.35. The van der Waals surface area contributed by atoms with Crippen LogP contribution in [0, 0.1) is 17.2 Å². The Morgan fingerprint density at radius 3 is 2.62 bits per heavy atom. The van der Waals surface area contributed by atoms with Crippen LogP contribution >= 0.6 is 0 Å². The van der Waals surface area contributed by atoms with Crippen molar-refractivity contribution in [3.8, 4) is 11.8 Å². The zero-order chi connectivity index (χ0) is 17.6. The predicted octanol–water partition coefficient (Wildman–Crippen LogP) is 3.88. The van der Waals surface area contributed by atoms with Crippen molar-refractivity contribution in [1.82, 2.24) is 0 Å². The third-order valence-corrected chi connectivity index (χ3v) is 4.25. The first kappa shape index (κ1) is 18.3. The summed E-state index contributed by atoms with van der Waals surface area (Å²) in [4.78, 5) is 12.8. The summed E-state index contributed by atoms with van der Waals surface area (Å²) < 4.78 is 11.4. The minimum absolute atomic E-state index is 0.183. The Hall–Kier alpha value is -2.06. The third kappa shape index (κ3) is 4.27. The fourth-order valence-corrected chi connectivity index (χ4v) is 2.60. The van der Waals surface area contributed by atoms with Gasteiger partial charge in [-0.1, -0.05) is 13.8 Å². The summed E-state index contributed by atoms with van der Waals surface area (Å²) in [6, 6.07) is 7.27. The first-order chi connectivity index (χ1) is 11.5. The number of benzene rings is 1. The molecule has 1 atom stereocenters. The van der Waals surface area contributed by atoms with E-state index in [0.717, 1.165) is 25.7 Å². The summed E-state index contributed by atoms with van der Waals surface area (Å²) in [6.45, 7) is 7.04. The van der Waals surface area contributed by atoms with Crippen molar-refractivity contribution < 1.29 is 14.3 Å². The average molecular weight is 330 g/mol. The Morgan fingerprint density at radius 1 is 1.33 bits per heavy atom. The van der Waals surface area contributed by atoms with Crippen LogP contribution in [-0.4, -0.2) is 24.7 Å². The molecule has 0 spiro atoms. The molecule has 130 valence electrons. The van der Waals surface area contributed by atoms with Gasteiger partial charge in [0.05, 0.1) is 17.9 Å². The molecule has 1 aliphatic rings. The quantitative estimate of drug-likeness (QED) is 0.746. The van der Waals surface area contributed by atoms with E-state index in [1.807, 2.05) is 20.8 Å². The van der Waals surface area contributed by atoms with Crippen molar-refractivity contribution in [1.29, 1.82) is 5.26 Å². The highest BCUT2D eigenvalue weighted by atomic mass is 16.5. The maximum atomic E-state index is 12.8. The molecule has 0 saturated heterocycles. The van der Waals surface area contributed by atoms with Crippen molar-refractivity contribution >= 4 is 11.6 Å². The van der Waals surface area contributed by atoms with Crippen molar-refractivity contribution in [3.05, 3.63) is 23.8 Å². The molecule has 1 N–H and O–H groups in total. The minimum atomic E-state index is -0.833. The molecule has 0 aromatic heterocycles. The molecule has 0 heterocycles. The number of rotatable bonds is 9. The molecular formula is C19H26N2O3. The second kappa shape index (κ2) is 8.16. The van der Waals surface area contributed by atoms with E-state index in [-0.39, 0.29) is 11.8 Å². The van der Waals surface area contributed by atoms with E-state index in [1.54, 1.807) is 18.2 Å². The molecule has 5 heteroatoms. The number of nitriles is 1. The van der Waals surface area contributed by atoms with Gasteiger partial charge in [0.1, 0.15) is 17.4 Å². The van der Waals surface area contributed by atoms with Crippen molar-refractivity contribution in [2.45, 2.75) is 52.1 Å². The number of nitrogens with zero attached hydrogens (tertiary/aromatic N) is 1. The maximum absolute atomic E-state index is 12.8. The van der Waals surface area contributed by atoms with Gasteiger partial charge in [0.15, 0.2) is 0 Å². The van der Waals surface area contributed by atoms with Crippen molar-refractivity contribution in [2.24, 2.45) is 5.92 Å². The number of carbonyl (C=O) groups is 1. The summed E-state index contributed by atoms with van der Waals surface area (Å²) in [5.74, 6) is 0.706. The molecule has 1 amide bonds. The van der Waals surface area contributed by atoms with Crippen LogP contribution in [0.25, 0.3) is 0 Å². The van der Waals surface area contributed by atoms with Gasteiger partial charge in [-0.15, -0.1) is 0 Å². The monoisotopic (exact) mass is 330 g/mol. The topological polar surface area (TPSA) is 71.3 Å². The van der Waals surface area contributed by atoms with E-state index in [2.05, 4.69) is 11.4 Å². The van der Waals surface area contributed by atoms with Gasteiger partial charge >= 0.3 is 0 Å². The SMILES string of the molecule is CCCOc1ccc(NC(=O)[C@@](C)(OCCC)C2CC2)c(C#N)c1. The lowest BCUT2D eigenvalue weighted by molar-refractivity contribution is -0.142. The van der Waals surface area contributed by atoms with Crippen LogP contribution in [-0.2, 0) is 9.53 Å². The Kier molecular flexibility index (Phi) is 6.22. The molecule has 5 nitrogen and oxygen atoms in total. The Labute approximate surface area is 144 Å². The Bertz CT molecular complexity index is 620. The first-order valence-corrected chi connectivity index (χ1v) is 8.67. The smallest absolute Gasteiger partial charge is 0.256 e. The number of hydrogen-bond acceptors (Lipinski definition) is 4. The number of ether oxygens (including phenoxy) is 2. The summed E-state index contributed by atoms with van der Waals surface area (Å²) in [6.07, 6.45) is 3.77. The standard InChI is InChI=1S/C19H26N2O3/c1-4-10-23-16-8-9-17(14(12-16)13-20)21-18(22)19(3,15-6-7-15)24-11-5-2/h8-9,12,15H,4-7,10-11H2,1-3H3,(H,21,22)/t19-/m0/s1. The molecule has 1 saturated carbocycles. The lowest BCUT2D eigenvalue weighted by atomic mass is 9.98. The van der Waals surface area contributed by atoms with Crippen LogP contribution in [0.3, 0.4) is 0 Å². The van der Waals surface area contributed by atoms with Gasteiger partial charge in [0.2, 0.25) is 0 Å². The lowest BCUT2D eigenvalue weighted by Crippen LogP contribution is -2.45. The van der Waals surface area contributed by atoms with Crippen LogP contribution in [0.15, 0.2) is 18.2 Å². The normalized spacial score (nSPS) is 16.1. The zero-order valence-electron chi connectivity index (χ0n) is 14.7. The van der Waals surface area contributed by atoms with E-state index < -0.39 is 5.60 Å². The molecule has 0 aliphatic heterocycles. The van der Waals surface area contributed by atoms with E-state index in [1.165, 1.54) is 0 Å². The summed E-state index contributed by atoms with van der Waals surface area (Å²) >= 11 is 0. The molecule has 1 fully saturated rings. The number of anilines is 1. The van der Waals surface area contributed by atoms with Crippen LogP contribution in [0.5, 0.6) is 5.75 Å². The van der Waals surface area contributed by atoms with E-state index >= 15 is 0 Å². The number of hydrogen-bond donors (Lipinski definition) is 1. The van der Waals surface area contributed by atoms with Crippen molar-refractivity contribution in [2.75, 3.05) is 18.5 Å². The minimum Gasteiger partial charge on any atom is -0.494 e. The number of nitrogens with one attached hydrogen (secondary N) is 1. The van der Waals surface area contributed by atoms with Gasteiger partial charge in [-0.3, -0.25) is 4.79 Å². The molecule has 2 rings (SSSR count). The Morgan fingerprint density at radius 2 is 2.04 bits per heavy atom. The molecule has 1 aliphatic carbocycles. The van der Waals surface area contributed by atoms with Gasteiger partial charge in [-0.05, 0) is 56.7 Å². The first-order valence-electron chi connectivity index (χ1n) is 8.67. The molecule has 0 radical (unpaired) electrons. The third-order valence-electron chi connectivity index (χ3n) is 4.25. The summed E-state index contributed by atoms with van der Waals surface area (Å²) in [5, 5.41) is 12.2. The van der Waals surface area contributed by atoms with E-state index in [9.17, 15) is 10.1 Å². The fraction of sp³-hybridized carbons (Fsp3) is 0.579. The molecule has 0 bridgehead atoms. The largest absolute Gasteiger partial charge is 0.494 e. The van der Waals surface area contributed by atoms with E-state index in [4.69, 9.17) is 9.47 Å². The highest BCUT2D eigenvalue weighted by Crippen LogP contribution is 2.42. The van der Waals surface area contributed by atoms with Gasteiger partial charge < -0.3 is 14.8 Å². The van der Waals surface area contributed by atoms with Crippen molar-refractivity contribution in [3.63, 3.8) is 0 Å². The molecule has 1 aromatic rings. The van der Waals surface area contributed by atoms with Crippen LogP contribution in [0.2, 0.25) is 0 Å². The second-order valence-electron chi connectivity index (χ2n) is 6.35. The van der Waals surface area contributed by atoms with E-state index in [0.29, 0.717) is 30.2 Å². The predicted molar refractivity (Wildman–Crippen MR) is 92.9 cm³/mol. The number of carbonyl (C=O) groups excluding carboxylic acids is 1. The fourth-order valence-electron chi connectivity index (χ4n) is 2.60. The Balaban J connectivity index is 2.13. The van der Waals surface area contributed by atoms with Crippen LogP contribution < -0.4 is 10.1 Å². The molecule has 0 unspecified atom stereocenters. The van der Waals surface area contributed by atoms with Gasteiger partial charge in [0, 0.05) is 6.61 Å². The molecule has 24 heavy (non-hydrogen) atoms. The maximum Gasteiger partial charge on any atom is 0.256 e. The van der Waals surface area contributed by atoms with Gasteiger partial charge in [0.25, 0.3) is 5.91 Å². The molecule has 1 aromatic carbocycles. The van der Waals surface area contributed by atoms with Crippen LogP contribution in [0.1, 0.15) is 52.0 Å². The number of amides is 1. The highest BCUT2D eigenvalue weighted by molar-refractivity contribution is 5.98. The molecular weight excluding hydrogens is 304 g/mol. The van der Waals surface area contributed by atoms with Gasteiger partial charge in [-0.2, -0.15) is 5.26 Å². The van der Waals surface area contributed by atoms with Gasteiger partial charge in [-0.25, -0.2) is 0 Å². The summed E-state index contributed by atoms with van der Waals surface area (Å²) in [7, 11) is 0. The van der Waals surface area contributed by atoms with Crippen LogP contribution in [0.4, 0.5) is 5.69 Å². The highest BCUT2D eigenvalue weighted by Gasteiger charge is 2.48. The average Bonchev–Trinajstić information content (AvgIpc) is 3.44. The summed E-state index contributed by atoms with van der Waals surface area (Å²) in [5.41, 5.74) is 0.0593. The zero-order valence-corrected chi connectivity index (χ0v) is 14.7. The lowest BCUT2D eigenvalue weighted by Gasteiger charge is -2.29.